The number of benzene rings is 2. The molecule has 0 radical (unpaired) electrons. The molecule has 2 aromatic rings. The third-order valence-electron chi connectivity index (χ3n) is 5.59. The first-order valence-corrected chi connectivity index (χ1v) is 10.2. The van der Waals surface area contributed by atoms with E-state index in [9.17, 15) is 14.4 Å². The van der Waals surface area contributed by atoms with Crippen LogP contribution in [-0.2, 0) is 4.79 Å². The van der Waals surface area contributed by atoms with Gasteiger partial charge in [0.15, 0.2) is 0 Å². The highest BCUT2D eigenvalue weighted by atomic mass is 16.5. The Kier molecular flexibility index (Phi) is 5.60. The van der Waals surface area contributed by atoms with Crippen LogP contribution in [0.15, 0.2) is 42.5 Å². The molecule has 1 heterocycles. The molecule has 6 heteroatoms. The minimum atomic E-state index is -0.415. The summed E-state index contributed by atoms with van der Waals surface area (Å²) in [5.74, 6) is 0.975. The monoisotopic (exact) mass is 392 g/mol. The summed E-state index contributed by atoms with van der Waals surface area (Å²) in [4.78, 5) is 35.5. The summed E-state index contributed by atoms with van der Waals surface area (Å²) >= 11 is 0. The second kappa shape index (κ2) is 8.47. The zero-order valence-electron chi connectivity index (χ0n) is 16.2. The maximum absolute atomic E-state index is 12.2. The number of fused-ring (bicyclic) bond motifs is 1. The van der Waals surface area contributed by atoms with Crippen LogP contribution in [0, 0.1) is 5.92 Å². The molecule has 1 aliphatic carbocycles. The maximum atomic E-state index is 12.2. The van der Waals surface area contributed by atoms with Gasteiger partial charge in [0.25, 0.3) is 11.8 Å². The summed E-state index contributed by atoms with van der Waals surface area (Å²) in [6.07, 6.45) is 7.92. The minimum Gasteiger partial charge on any atom is -0.457 e. The topological polar surface area (TPSA) is 84.5 Å². The van der Waals surface area contributed by atoms with E-state index >= 15 is 0 Å². The number of anilines is 1. The standard InChI is InChI=1S/C23H24N2O4/c26-21(13-6-15-4-2-1-3-5-15)24-16-7-9-17(10-8-16)29-18-11-12-19-20(14-18)23(28)25-22(19)27/h7-12,14-15H,1-6,13H2,(H,24,26)(H,25,27,28). The molecule has 3 amide bonds. The largest absolute Gasteiger partial charge is 0.457 e. The fourth-order valence-electron chi connectivity index (χ4n) is 3.99. The molecule has 0 bridgehead atoms. The van der Waals surface area contributed by atoms with Crippen LogP contribution in [0.25, 0.3) is 0 Å². The molecule has 4 rings (SSSR count). The van der Waals surface area contributed by atoms with Crippen molar-refractivity contribution in [3.8, 4) is 11.5 Å². The van der Waals surface area contributed by atoms with Gasteiger partial charge in [0.05, 0.1) is 11.1 Å². The number of rotatable bonds is 6. The van der Waals surface area contributed by atoms with Gasteiger partial charge in [-0.1, -0.05) is 32.1 Å². The molecule has 0 unspecified atom stereocenters. The van der Waals surface area contributed by atoms with Crippen molar-refractivity contribution in [2.45, 2.75) is 44.9 Å². The lowest BCUT2D eigenvalue weighted by molar-refractivity contribution is -0.116. The average Bonchev–Trinajstić information content (AvgIpc) is 3.02. The molecule has 1 saturated carbocycles. The quantitative estimate of drug-likeness (QED) is 0.700. The SMILES string of the molecule is O=C(CCC1CCCCC1)Nc1ccc(Oc2ccc3c(c2)C(=O)NC3=O)cc1. The minimum absolute atomic E-state index is 0.0403. The lowest BCUT2D eigenvalue weighted by Gasteiger charge is -2.21. The summed E-state index contributed by atoms with van der Waals surface area (Å²) in [6, 6.07) is 11.9. The van der Waals surface area contributed by atoms with Gasteiger partial charge in [-0.3, -0.25) is 19.7 Å². The third kappa shape index (κ3) is 4.65. The van der Waals surface area contributed by atoms with Gasteiger partial charge in [-0.15, -0.1) is 0 Å². The van der Waals surface area contributed by atoms with Gasteiger partial charge in [0.2, 0.25) is 5.91 Å². The zero-order chi connectivity index (χ0) is 20.2. The van der Waals surface area contributed by atoms with E-state index in [0.717, 1.165) is 12.1 Å². The lowest BCUT2D eigenvalue weighted by Crippen LogP contribution is -2.19. The van der Waals surface area contributed by atoms with Crippen LogP contribution in [0.1, 0.15) is 65.7 Å². The summed E-state index contributed by atoms with van der Waals surface area (Å²) < 4.78 is 5.77. The number of hydrogen-bond acceptors (Lipinski definition) is 4. The summed E-state index contributed by atoms with van der Waals surface area (Å²) in [7, 11) is 0. The average molecular weight is 392 g/mol. The highest BCUT2D eigenvalue weighted by Crippen LogP contribution is 2.28. The number of nitrogens with one attached hydrogen (secondary N) is 2. The smallest absolute Gasteiger partial charge is 0.259 e. The normalized spacial score (nSPS) is 16.3. The van der Waals surface area contributed by atoms with Crippen LogP contribution >= 0.6 is 0 Å². The Morgan fingerprint density at radius 2 is 1.62 bits per heavy atom. The second-order valence-corrected chi connectivity index (χ2v) is 7.71. The molecule has 6 nitrogen and oxygen atoms in total. The predicted molar refractivity (Wildman–Crippen MR) is 109 cm³/mol. The first kappa shape index (κ1) is 19.2. The first-order chi connectivity index (χ1) is 14.1. The van der Waals surface area contributed by atoms with Crippen LogP contribution in [0.3, 0.4) is 0 Å². The van der Waals surface area contributed by atoms with Gasteiger partial charge in [0, 0.05) is 12.1 Å². The molecular weight excluding hydrogens is 368 g/mol. The van der Waals surface area contributed by atoms with Crippen LogP contribution in [0.5, 0.6) is 11.5 Å². The molecular formula is C23H24N2O4. The number of hydrogen-bond donors (Lipinski definition) is 2. The van der Waals surface area contributed by atoms with E-state index in [-0.39, 0.29) is 11.8 Å². The highest BCUT2D eigenvalue weighted by molar-refractivity contribution is 6.21. The van der Waals surface area contributed by atoms with E-state index in [1.807, 2.05) is 0 Å². The number of amides is 3. The number of carbonyl (C=O) groups is 3. The van der Waals surface area contributed by atoms with Crippen LogP contribution < -0.4 is 15.4 Å². The molecule has 2 aromatic carbocycles. The van der Waals surface area contributed by atoms with Gasteiger partial charge in [-0.05, 0) is 54.8 Å². The van der Waals surface area contributed by atoms with Crippen molar-refractivity contribution in [3.05, 3.63) is 53.6 Å². The van der Waals surface area contributed by atoms with Crippen LogP contribution in [-0.4, -0.2) is 17.7 Å². The lowest BCUT2D eigenvalue weighted by atomic mass is 9.86. The Morgan fingerprint density at radius 3 is 2.38 bits per heavy atom. The van der Waals surface area contributed by atoms with Crippen molar-refractivity contribution in [1.29, 1.82) is 0 Å². The van der Waals surface area contributed by atoms with Crippen molar-refractivity contribution < 1.29 is 19.1 Å². The third-order valence-corrected chi connectivity index (χ3v) is 5.59. The van der Waals surface area contributed by atoms with Crippen molar-refractivity contribution in [2.75, 3.05) is 5.32 Å². The Bertz CT molecular complexity index is 930. The zero-order valence-corrected chi connectivity index (χ0v) is 16.2. The summed E-state index contributed by atoms with van der Waals surface area (Å²) in [5.41, 5.74) is 1.40. The van der Waals surface area contributed by atoms with E-state index in [2.05, 4.69) is 10.6 Å². The van der Waals surface area contributed by atoms with E-state index in [1.165, 1.54) is 32.1 Å². The molecule has 0 aromatic heterocycles. The highest BCUT2D eigenvalue weighted by Gasteiger charge is 2.27. The molecule has 0 spiro atoms. The van der Waals surface area contributed by atoms with Crippen LogP contribution in [0.2, 0.25) is 0 Å². The van der Waals surface area contributed by atoms with Crippen LogP contribution in [0.4, 0.5) is 5.69 Å². The first-order valence-electron chi connectivity index (χ1n) is 10.2. The van der Waals surface area contributed by atoms with Gasteiger partial charge in [-0.25, -0.2) is 0 Å². The number of carbonyl (C=O) groups excluding carboxylic acids is 3. The molecule has 1 fully saturated rings. The molecule has 29 heavy (non-hydrogen) atoms. The summed E-state index contributed by atoms with van der Waals surface area (Å²) in [6.45, 7) is 0. The van der Waals surface area contributed by atoms with Crippen molar-refractivity contribution >= 4 is 23.4 Å². The van der Waals surface area contributed by atoms with Crippen molar-refractivity contribution in [3.63, 3.8) is 0 Å². The maximum Gasteiger partial charge on any atom is 0.259 e. The van der Waals surface area contributed by atoms with Gasteiger partial charge < -0.3 is 10.1 Å². The molecule has 2 aliphatic rings. The molecule has 0 saturated heterocycles. The van der Waals surface area contributed by atoms with E-state index in [0.29, 0.717) is 35.0 Å². The Hall–Kier alpha value is -3.15. The Morgan fingerprint density at radius 1 is 0.931 bits per heavy atom. The fraction of sp³-hybridized carbons (Fsp3) is 0.348. The summed E-state index contributed by atoms with van der Waals surface area (Å²) in [5, 5.41) is 5.19. The molecule has 150 valence electrons. The predicted octanol–water partition coefficient (Wildman–Crippen LogP) is 4.66. The van der Waals surface area contributed by atoms with Gasteiger partial charge in [-0.2, -0.15) is 0 Å². The molecule has 1 aliphatic heterocycles. The molecule has 2 N–H and O–H groups in total. The number of ether oxygens (including phenoxy) is 1. The van der Waals surface area contributed by atoms with Crippen molar-refractivity contribution in [1.82, 2.24) is 5.32 Å². The van der Waals surface area contributed by atoms with E-state index < -0.39 is 5.91 Å². The van der Waals surface area contributed by atoms with Gasteiger partial charge >= 0.3 is 0 Å². The fourth-order valence-corrected chi connectivity index (χ4v) is 3.99. The molecule has 0 atom stereocenters. The van der Waals surface area contributed by atoms with E-state index in [4.69, 9.17) is 4.74 Å². The Labute approximate surface area is 169 Å². The van der Waals surface area contributed by atoms with E-state index in [1.54, 1.807) is 42.5 Å². The van der Waals surface area contributed by atoms with Crippen molar-refractivity contribution in [2.24, 2.45) is 5.92 Å². The number of imide groups is 1. The second-order valence-electron chi connectivity index (χ2n) is 7.71. The Balaban J connectivity index is 1.31. The van der Waals surface area contributed by atoms with Gasteiger partial charge in [0.1, 0.15) is 11.5 Å².